The van der Waals surface area contributed by atoms with Crippen LogP contribution in [0.15, 0.2) is 24.3 Å². The smallest absolute Gasteiger partial charge is 0.445 e. The van der Waals surface area contributed by atoms with Crippen LogP contribution < -0.4 is 51.4 Å². The van der Waals surface area contributed by atoms with E-state index in [-0.39, 0.29) is 57.9 Å². The number of aryl methyl sites for hydroxylation is 1. The SMILES string of the molecule is C=C(Cn1ccc(C)n1)[B-](F)(F)F.[K+]. The maximum absolute atomic E-state index is 12.1. The van der Waals surface area contributed by atoms with E-state index in [2.05, 4.69) is 11.7 Å². The number of rotatable bonds is 3. The van der Waals surface area contributed by atoms with E-state index in [0.29, 0.717) is 5.69 Å². The first kappa shape index (κ1) is 14.4. The van der Waals surface area contributed by atoms with Crippen molar-refractivity contribution < 1.29 is 64.3 Å². The summed E-state index contributed by atoms with van der Waals surface area (Å²) in [4.78, 5) is 0. The number of nitrogens with zero attached hydrogens (tertiary/aromatic N) is 2. The second-order valence-corrected chi connectivity index (χ2v) is 2.89. The van der Waals surface area contributed by atoms with Gasteiger partial charge in [0.25, 0.3) is 0 Å². The molecule has 0 unspecified atom stereocenters. The Bertz CT molecular complexity index is 321. The Morgan fingerprint density at radius 3 is 2.50 bits per heavy atom. The predicted octanol–water partition coefficient (Wildman–Crippen LogP) is -0.862. The molecular formula is C7H9BF3KN2. The summed E-state index contributed by atoms with van der Waals surface area (Å²) in [5.41, 5.74) is -0.0365. The third-order valence-electron chi connectivity index (χ3n) is 1.60. The van der Waals surface area contributed by atoms with Gasteiger partial charge in [0.1, 0.15) is 0 Å². The van der Waals surface area contributed by atoms with Crippen molar-refractivity contribution in [1.29, 1.82) is 0 Å². The first-order valence-electron chi connectivity index (χ1n) is 3.77. The molecule has 0 saturated carbocycles. The maximum Gasteiger partial charge on any atom is 1.00 e. The molecule has 0 aliphatic carbocycles. The largest absolute Gasteiger partial charge is 1.00 e. The molecule has 0 N–H and O–H groups in total. The van der Waals surface area contributed by atoms with Gasteiger partial charge in [0.05, 0.1) is 5.69 Å². The Hall–Kier alpha value is 0.441. The minimum absolute atomic E-state index is 0. The fraction of sp³-hybridized carbons (Fsp3) is 0.286. The van der Waals surface area contributed by atoms with E-state index in [4.69, 9.17) is 0 Å². The van der Waals surface area contributed by atoms with Gasteiger partial charge < -0.3 is 12.9 Å². The Kier molecular flexibility index (Phi) is 5.68. The van der Waals surface area contributed by atoms with Crippen LogP contribution in [0.4, 0.5) is 12.9 Å². The molecule has 0 aliphatic heterocycles. The molecule has 1 rings (SSSR count). The second kappa shape index (κ2) is 5.50. The zero-order valence-corrected chi connectivity index (χ0v) is 11.3. The van der Waals surface area contributed by atoms with Crippen LogP contribution in [0.5, 0.6) is 0 Å². The second-order valence-electron chi connectivity index (χ2n) is 2.89. The zero-order chi connectivity index (χ0) is 10.1. The van der Waals surface area contributed by atoms with Crippen molar-refractivity contribution in [3.05, 3.63) is 30.0 Å². The predicted molar refractivity (Wildman–Crippen MR) is 45.2 cm³/mol. The van der Waals surface area contributed by atoms with Gasteiger partial charge in [-0.15, -0.1) is 12.1 Å². The first-order chi connectivity index (χ1) is 5.89. The molecular weight excluding hydrogens is 219 g/mol. The molecule has 0 radical (unpaired) electrons. The standard InChI is InChI=1S/C7H9BF3N2.K/c1-6(8(9,10)11)5-13-4-3-7(2)12-13;/h3-4H,1,5H2,2H3;/q-1;+1. The average Bonchev–Trinajstić information content (AvgIpc) is 2.33. The van der Waals surface area contributed by atoms with Gasteiger partial charge in [0, 0.05) is 12.7 Å². The van der Waals surface area contributed by atoms with Crippen molar-refractivity contribution >= 4 is 6.98 Å². The Morgan fingerprint density at radius 2 is 2.14 bits per heavy atom. The zero-order valence-electron chi connectivity index (χ0n) is 8.17. The molecule has 72 valence electrons. The van der Waals surface area contributed by atoms with Crippen LogP contribution in [-0.2, 0) is 6.54 Å². The third-order valence-corrected chi connectivity index (χ3v) is 1.60. The minimum atomic E-state index is -4.94. The van der Waals surface area contributed by atoms with Gasteiger partial charge in [-0.05, 0) is 13.0 Å². The van der Waals surface area contributed by atoms with Gasteiger partial charge in [-0.25, -0.2) is 0 Å². The van der Waals surface area contributed by atoms with Crippen LogP contribution in [0.3, 0.4) is 0 Å². The summed E-state index contributed by atoms with van der Waals surface area (Å²) >= 11 is 0. The molecule has 2 nitrogen and oxygen atoms in total. The van der Waals surface area contributed by atoms with Crippen molar-refractivity contribution in [2.45, 2.75) is 13.5 Å². The summed E-state index contributed by atoms with van der Waals surface area (Å²) in [7, 11) is 0. The molecule has 0 bridgehead atoms. The van der Waals surface area contributed by atoms with E-state index in [1.165, 1.54) is 10.9 Å². The third kappa shape index (κ3) is 4.31. The van der Waals surface area contributed by atoms with Gasteiger partial charge in [-0.2, -0.15) is 5.10 Å². The van der Waals surface area contributed by atoms with Crippen molar-refractivity contribution in [1.82, 2.24) is 9.78 Å². The molecule has 1 aromatic heterocycles. The van der Waals surface area contributed by atoms with Crippen molar-refractivity contribution in [2.75, 3.05) is 0 Å². The molecule has 14 heavy (non-hydrogen) atoms. The van der Waals surface area contributed by atoms with Gasteiger partial charge in [-0.3, -0.25) is 4.68 Å². The van der Waals surface area contributed by atoms with Crippen LogP contribution in [0.25, 0.3) is 0 Å². The van der Waals surface area contributed by atoms with E-state index >= 15 is 0 Å². The molecule has 0 aromatic carbocycles. The van der Waals surface area contributed by atoms with E-state index < -0.39 is 12.4 Å². The summed E-state index contributed by atoms with van der Waals surface area (Å²) in [5, 5.41) is 3.83. The summed E-state index contributed by atoms with van der Waals surface area (Å²) in [6.45, 7) is -0.531. The molecule has 0 aliphatic rings. The number of aromatic nitrogens is 2. The minimum Gasteiger partial charge on any atom is -0.445 e. The van der Waals surface area contributed by atoms with E-state index in [1.807, 2.05) is 0 Å². The van der Waals surface area contributed by atoms with Crippen molar-refractivity contribution in [3.8, 4) is 0 Å². The monoisotopic (exact) mass is 228 g/mol. The quantitative estimate of drug-likeness (QED) is 0.615. The van der Waals surface area contributed by atoms with Gasteiger partial charge in [0.2, 0.25) is 0 Å². The van der Waals surface area contributed by atoms with E-state index in [1.54, 1.807) is 13.0 Å². The molecule has 0 fully saturated rings. The average molecular weight is 228 g/mol. The number of hydrogen-bond acceptors (Lipinski definition) is 1. The van der Waals surface area contributed by atoms with Gasteiger partial charge in [0.15, 0.2) is 0 Å². The topological polar surface area (TPSA) is 17.8 Å². The fourth-order valence-electron chi connectivity index (χ4n) is 0.863. The molecule has 0 spiro atoms. The van der Waals surface area contributed by atoms with Crippen molar-refractivity contribution in [2.24, 2.45) is 0 Å². The summed E-state index contributed by atoms with van der Waals surface area (Å²) in [5.74, 6) is 0. The van der Waals surface area contributed by atoms with Gasteiger partial charge in [-0.1, -0.05) is 0 Å². The van der Waals surface area contributed by atoms with Crippen LogP contribution in [-0.4, -0.2) is 16.8 Å². The first-order valence-corrected chi connectivity index (χ1v) is 3.77. The number of halogens is 3. The Labute approximate surface area is 123 Å². The van der Waals surface area contributed by atoms with Crippen LogP contribution >= 0.6 is 0 Å². The van der Waals surface area contributed by atoms with Crippen molar-refractivity contribution in [3.63, 3.8) is 0 Å². The van der Waals surface area contributed by atoms with Crippen LogP contribution in [0.2, 0.25) is 0 Å². The summed E-state index contributed by atoms with van der Waals surface area (Å²) < 4.78 is 37.4. The Morgan fingerprint density at radius 1 is 1.57 bits per heavy atom. The molecule has 7 heteroatoms. The normalized spacial score (nSPS) is 10.9. The maximum atomic E-state index is 12.1. The fourth-order valence-corrected chi connectivity index (χ4v) is 0.863. The summed E-state index contributed by atoms with van der Waals surface area (Å²) in [6.07, 6.45) is 1.50. The molecule has 1 aromatic rings. The van der Waals surface area contributed by atoms with Crippen LogP contribution in [0, 0.1) is 6.92 Å². The van der Waals surface area contributed by atoms with Crippen LogP contribution in [0.1, 0.15) is 5.69 Å². The molecule has 0 amide bonds. The number of hydrogen-bond donors (Lipinski definition) is 0. The van der Waals surface area contributed by atoms with Gasteiger partial charge >= 0.3 is 58.4 Å². The van der Waals surface area contributed by atoms with E-state index in [9.17, 15) is 12.9 Å². The molecule has 0 atom stereocenters. The molecule has 1 heterocycles. The number of allylic oxidation sites excluding steroid dienone is 1. The summed E-state index contributed by atoms with van der Waals surface area (Å²) in [6, 6.07) is 1.65. The Balaban J connectivity index is 0.00000169. The van der Waals surface area contributed by atoms with E-state index in [0.717, 1.165) is 0 Å². The molecule has 0 saturated heterocycles.